The highest BCUT2D eigenvalue weighted by molar-refractivity contribution is 6.28. The van der Waals surface area contributed by atoms with Crippen LogP contribution in [0.1, 0.15) is 43.2 Å². The third kappa shape index (κ3) is 4.94. The number of fused-ring (bicyclic) bond motifs is 1. The van der Waals surface area contributed by atoms with Gasteiger partial charge in [0.2, 0.25) is 11.2 Å². The first-order valence-electron chi connectivity index (χ1n) is 11.1. The zero-order valence-corrected chi connectivity index (χ0v) is 20.4. The van der Waals surface area contributed by atoms with E-state index in [1.807, 2.05) is 6.07 Å². The lowest BCUT2D eigenvalue weighted by atomic mass is 9.75. The number of amides is 1. The van der Waals surface area contributed by atoms with E-state index in [0.29, 0.717) is 17.1 Å². The second-order valence-electron chi connectivity index (χ2n) is 8.66. The third-order valence-electron chi connectivity index (χ3n) is 6.34. The molecule has 1 aromatic carbocycles. The Bertz CT molecular complexity index is 1300. The van der Waals surface area contributed by atoms with Crippen LogP contribution in [0.4, 0.5) is 24.5 Å². The second-order valence-corrected chi connectivity index (χ2v) is 9.00. The summed E-state index contributed by atoms with van der Waals surface area (Å²) in [5.41, 5.74) is 1.48. The predicted molar refractivity (Wildman–Crippen MR) is 124 cm³/mol. The first-order chi connectivity index (χ1) is 17.0. The highest BCUT2D eigenvalue weighted by Gasteiger charge is 2.47. The number of carbonyl (C=O) groups is 1. The largest absolute Gasteiger partial charge is 0.413 e. The van der Waals surface area contributed by atoms with Crippen LogP contribution in [0.15, 0.2) is 30.5 Å². The summed E-state index contributed by atoms with van der Waals surface area (Å²) in [6.07, 6.45) is -3.04. The predicted octanol–water partition coefficient (Wildman–Crippen LogP) is 4.84. The molecule has 9 nitrogen and oxygen atoms in total. The van der Waals surface area contributed by atoms with Crippen molar-refractivity contribution in [3.8, 4) is 6.07 Å². The van der Waals surface area contributed by atoms with Gasteiger partial charge in [-0.3, -0.25) is 4.79 Å². The molecule has 0 radical (unpaired) electrons. The summed E-state index contributed by atoms with van der Waals surface area (Å²) in [7, 11) is 2.67. The van der Waals surface area contributed by atoms with Gasteiger partial charge in [0.1, 0.15) is 0 Å². The molecule has 2 aromatic heterocycles. The van der Waals surface area contributed by atoms with Crippen LogP contribution in [-0.4, -0.2) is 50.7 Å². The second kappa shape index (κ2) is 9.91. The van der Waals surface area contributed by atoms with E-state index in [0.717, 1.165) is 11.9 Å². The van der Waals surface area contributed by atoms with Crippen LogP contribution in [0.25, 0.3) is 5.78 Å². The number of hydrogen-bond acceptors (Lipinski definition) is 7. The van der Waals surface area contributed by atoms with E-state index >= 15 is 0 Å². The van der Waals surface area contributed by atoms with Crippen molar-refractivity contribution in [1.82, 2.24) is 24.5 Å². The van der Waals surface area contributed by atoms with Crippen LogP contribution in [0, 0.1) is 23.2 Å². The van der Waals surface area contributed by atoms with Crippen molar-refractivity contribution in [2.75, 3.05) is 19.5 Å². The van der Waals surface area contributed by atoms with Gasteiger partial charge >= 0.3 is 6.18 Å². The number of aromatic nitrogens is 4. The van der Waals surface area contributed by atoms with Crippen molar-refractivity contribution in [3.63, 3.8) is 0 Å². The number of nitrogens with one attached hydrogen (secondary N) is 1. The third-order valence-corrected chi connectivity index (χ3v) is 6.50. The Kier molecular flexibility index (Phi) is 7.06. The molecule has 0 unspecified atom stereocenters. The van der Waals surface area contributed by atoms with Gasteiger partial charge in [-0.25, -0.2) is 4.98 Å². The molecule has 1 aliphatic carbocycles. The van der Waals surface area contributed by atoms with E-state index in [2.05, 4.69) is 20.4 Å². The molecular weight excluding hydrogens is 499 g/mol. The molecule has 2 atom stereocenters. The van der Waals surface area contributed by atoms with E-state index in [4.69, 9.17) is 21.6 Å². The van der Waals surface area contributed by atoms with Crippen LogP contribution in [-0.2, 0) is 9.53 Å². The molecular formula is C23H23ClF3N7O2. The lowest BCUT2D eigenvalue weighted by Gasteiger charge is -2.37. The molecule has 1 amide bonds. The van der Waals surface area contributed by atoms with Crippen molar-refractivity contribution in [2.45, 2.75) is 38.1 Å². The van der Waals surface area contributed by atoms with Gasteiger partial charge in [-0.15, -0.1) is 5.10 Å². The number of benzene rings is 1. The van der Waals surface area contributed by atoms with Crippen molar-refractivity contribution in [3.05, 3.63) is 47.0 Å². The number of hydrogen-bond donors (Lipinski definition) is 1. The molecule has 36 heavy (non-hydrogen) atoms. The highest BCUT2D eigenvalue weighted by Crippen LogP contribution is 2.41. The number of halogens is 4. The molecule has 1 fully saturated rings. The fourth-order valence-electron chi connectivity index (χ4n) is 4.30. The number of nitriles is 1. The molecule has 1 N–H and O–H groups in total. The molecule has 0 spiro atoms. The smallest absolute Gasteiger partial charge is 0.375 e. The van der Waals surface area contributed by atoms with Crippen LogP contribution in [0.2, 0.25) is 5.28 Å². The molecule has 2 heterocycles. The van der Waals surface area contributed by atoms with Crippen molar-refractivity contribution in [1.29, 1.82) is 5.26 Å². The van der Waals surface area contributed by atoms with E-state index in [1.165, 1.54) is 42.1 Å². The Labute approximate surface area is 209 Å². The summed E-state index contributed by atoms with van der Waals surface area (Å²) in [4.78, 5) is 21.6. The van der Waals surface area contributed by atoms with Crippen LogP contribution < -0.4 is 5.32 Å². The number of rotatable bonds is 7. The molecule has 3 aromatic rings. The molecule has 190 valence electrons. The average Bonchev–Trinajstić information content (AvgIpc) is 3.18. The Morgan fingerprint density at radius 3 is 2.58 bits per heavy atom. The Balaban J connectivity index is 1.59. The maximum Gasteiger partial charge on any atom is 0.413 e. The normalized spacial score (nSPS) is 19.3. The Morgan fingerprint density at radius 1 is 1.33 bits per heavy atom. The van der Waals surface area contributed by atoms with E-state index in [9.17, 15) is 18.0 Å². The van der Waals surface area contributed by atoms with Crippen LogP contribution >= 0.6 is 11.6 Å². The fourth-order valence-corrected chi connectivity index (χ4v) is 4.45. The van der Waals surface area contributed by atoms with Gasteiger partial charge in [-0.2, -0.15) is 27.9 Å². The standard InChI is InChI=1S/C23H23ClF3N7O2/c1-12(36-3)18-17(11-29-22-31-21(24)32-34(18)22)30-16-6-4-14(5-7-16)19(23(25,26)27)33(2)20(35)15-8-13(9-15)10-28/h4-7,11-13,15,19,30H,8-9H2,1-3H3/t12-,13?,15?,19-/m0/s1. The Hall–Kier alpha value is -3.43. The van der Waals surface area contributed by atoms with Crippen molar-refractivity contribution < 1.29 is 22.7 Å². The lowest BCUT2D eigenvalue weighted by molar-refractivity contribution is -0.191. The molecule has 13 heteroatoms. The van der Waals surface area contributed by atoms with Gasteiger partial charge < -0.3 is 15.0 Å². The number of nitrogens with zero attached hydrogens (tertiary/aromatic N) is 6. The van der Waals surface area contributed by atoms with E-state index in [1.54, 1.807) is 6.92 Å². The van der Waals surface area contributed by atoms with Gasteiger partial charge in [0.15, 0.2) is 6.04 Å². The van der Waals surface area contributed by atoms with Gasteiger partial charge in [-0.05, 0) is 49.1 Å². The lowest BCUT2D eigenvalue weighted by Crippen LogP contribution is -2.45. The topological polar surface area (TPSA) is 108 Å². The zero-order chi connectivity index (χ0) is 26.2. The quantitative estimate of drug-likeness (QED) is 0.474. The summed E-state index contributed by atoms with van der Waals surface area (Å²) in [5, 5.41) is 16.2. The maximum absolute atomic E-state index is 14.0. The summed E-state index contributed by atoms with van der Waals surface area (Å²) in [6, 6.07) is 5.54. The van der Waals surface area contributed by atoms with E-state index < -0.39 is 30.1 Å². The van der Waals surface area contributed by atoms with Crippen molar-refractivity contribution >= 4 is 34.7 Å². The average molecular weight is 522 g/mol. The molecule has 0 saturated heterocycles. The number of ether oxygens (including phenoxy) is 1. The summed E-state index contributed by atoms with van der Waals surface area (Å²) < 4.78 is 48.9. The Morgan fingerprint density at radius 2 is 2.00 bits per heavy atom. The van der Waals surface area contributed by atoms with E-state index in [-0.39, 0.29) is 35.4 Å². The number of alkyl halides is 3. The number of carbonyl (C=O) groups excluding carboxylic acids is 1. The monoisotopic (exact) mass is 521 g/mol. The number of anilines is 2. The van der Waals surface area contributed by atoms with Gasteiger partial charge in [0, 0.05) is 31.7 Å². The maximum atomic E-state index is 14.0. The molecule has 0 bridgehead atoms. The molecule has 1 saturated carbocycles. The number of methoxy groups -OCH3 is 1. The first kappa shape index (κ1) is 25.7. The first-order valence-corrected chi connectivity index (χ1v) is 11.4. The molecule has 0 aliphatic heterocycles. The minimum Gasteiger partial charge on any atom is -0.375 e. The zero-order valence-electron chi connectivity index (χ0n) is 19.6. The van der Waals surface area contributed by atoms with Gasteiger partial charge in [0.25, 0.3) is 5.78 Å². The van der Waals surface area contributed by atoms with Gasteiger partial charge in [-0.1, -0.05) is 12.1 Å². The summed E-state index contributed by atoms with van der Waals surface area (Å²) in [5.74, 6) is -1.20. The van der Waals surface area contributed by atoms with Crippen LogP contribution in [0.3, 0.4) is 0 Å². The van der Waals surface area contributed by atoms with Gasteiger partial charge in [0.05, 0.1) is 29.8 Å². The van der Waals surface area contributed by atoms with Crippen molar-refractivity contribution in [2.24, 2.45) is 11.8 Å². The SMILES string of the molecule is CO[C@@H](C)c1c(Nc2ccc([C@H](N(C)C(=O)C3CC(C#N)C3)C(F)(F)F)cc2)cnc2nc(Cl)nn12. The minimum atomic E-state index is -4.68. The van der Waals surface area contributed by atoms with Crippen LogP contribution in [0.5, 0.6) is 0 Å². The molecule has 1 aliphatic rings. The summed E-state index contributed by atoms with van der Waals surface area (Å²) >= 11 is 5.92. The molecule has 4 rings (SSSR count). The minimum absolute atomic E-state index is 0.00969. The fraction of sp³-hybridized carbons (Fsp3) is 0.435. The highest BCUT2D eigenvalue weighted by atomic mass is 35.5. The summed E-state index contributed by atoms with van der Waals surface area (Å²) in [6.45, 7) is 1.79.